The number of nitrogens with zero attached hydrogens (tertiary/aromatic N) is 2. The van der Waals surface area contributed by atoms with E-state index in [-0.39, 0.29) is 24.6 Å². The molecule has 0 saturated carbocycles. The van der Waals surface area contributed by atoms with E-state index in [2.05, 4.69) is 0 Å². The quantitative estimate of drug-likeness (QED) is 0.332. The molecule has 0 N–H and O–H groups in total. The van der Waals surface area contributed by atoms with Gasteiger partial charge in [-0.3, -0.25) is 19.2 Å². The zero-order valence-electron chi connectivity index (χ0n) is 18.3. The molecule has 3 aromatic rings. The van der Waals surface area contributed by atoms with Crippen LogP contribution in [0.2, 0.25) is 0 Å². The summed E-state index contributed by atoms with van der Waals surface area (Å²) in [5.41, 5.74) is 1.78. The van der Waals surface area contributed by atoms with Crippen molar-refractivity contribution in [2.75, 3.05) is 23.5 Å². The zero-order valence-corrected chi connectivity index (χ0v) is 18.3. The molecule has 0 spiro atoms. The van der Waals surface area contributed by atoms with Gasteiger partial charge in [-0.1, -0.05) is 12.1 Å². The summed E-state index contributed by atoms with van der Waals surface area (Å²) in [5, 5.41) is 0. The molecule has 34 heavy (non-hydrogen) atoms. The number of hydrogen-bond donors (Lipinski definition) is 0. The Bertz CT molecular complexity index is 1260. The minimum Gasteiger partial charge on any atom is -0.497 e. The van der Waals surface area contributed by atoms with E-state index in [0.717, 1.165) is 4.90 Å². The summed E-state index contributed by atoms with van der Waals surface area (Å²) in [6.07, 6.45) is 0.0536. The van der Waals surface area contributed by atoms with Crippen LogP contribution in [0.5, 0.6) is 11.5 Å². The summed E-state index contributed by atoms with van der Waals surface area (Å²) < 4.78 is 10.6. The highest BCUT2D eigenvalue weighted by atomic mass is 16.5. The fourth-order valence-corrected chi connectivity index (χ4v) is 4.16. The van der Waals surface area contributed by atoms with E-state index in [4.69, 9.17) is 9.47 Å². The molecule has 3 amide bonds. The lowest BCUT2D eigenvalue weighted by Gasteiger charge is -2.17. The van der Waals surface area contributed by atoms with Gasteiger partial charge in [0.05, 0.1) is 29.8 Å². The van der Waals surface area contributed by atoms with Gasteiger partial charge in [-0.25, -0.2) is 4.90 Å². The van der Waals surface area contributed by atoms with Gasteiger partial charge in [0, 0.05) is 18.7 Å². The van der Waals surface area contributed by atoms with Gasteiger partial charge in [-0.05, 0) is 60.7 Å². The summed E-state index contributed by atoms with van der Waals surface area (Å²) in [7, 11) is 1.56. The molecular formula is C26H20N2O6. The first-order chi connectivity index (χ1) is 16.5. The van der Waals surface area contributed by atoms with Gasteiger partial charge in [-0.2, -0.15) is 0 Å². The second-order valence-electron chi connectivity index (χ2n) is 8.01. The predicted molar refractivity (Wildman–Crippen MR) is 123 cm³/mol. The third-order valence-corrected chi connectivity index (χ3v) is 5.95. The van der Waals surface area contributed by atoms with E-state index in [1.807, 2.05) is 0 Å². The van der Waals surface area contributed by atoms with Crippen LogP contribution in [0.25, 0.3) is 0 Å². The molecule has 0 aliphatic carbocycles. The highest BCUT2D eigenvalue weighted by molar-refractivity contribution is 6.34. The number of carbonyl (C=O) groups is 4. The number of carbonyl (C=O) groups excluding carboxylic acids is 4. The number of ether oxygens (including phenoxy) is 2. The Hall–Kier alpha value is -4.46. The van der Waals surface area contributed by atoms with Gasteiger partial charge in [0.1, 0.15) is 11.5 Å². The molecule has 1 saturated heterocycles. The standard InChI is InChI=1S/C26H20N2O6/c1-33-19-10-6-17(7-11-19)27-15-16(14-23(27)29)26(32)34-20-12-8-18(9-13-20)28-24(30)21-4-2-3-5-22(21)25(28)31/h2-13,16H,14-15H2,1H3/t16-/m0/s1. The minimum atomic E-state index is -0.606. The highest BCUT2D eigenvalue weighted by Gasteiger charge is 2.37. The van der Waals surface area contributed by atoms with Crippen molar-refractivity contribution < 1.29 is 28.7 Å². The van der Waals surface area contributed by atoms with E-state index >= 15 is 0 Å². The number of methoxy groups -OCH3 is 1. The number of imide groups is 1. The topological polar surface area (TPSA) is 93.2 Å². The first kappa shape index (κ1) is 21.4. The molecular weight excluding hydrogens is 436 g/mol. The fourth-order valence-electron chi connectivity index (χ4n) is 4.16. The van der Waals surface area contributed by atoms with Crippen molar-refractivity contribution in [1.29, 1.82) is 0 Å². The lowest BCUT2D eigenvalue weighted by Crippen LogP contribution is -2.29. The van der Waals surface area contributed by atoms with Crippen LogP contribution in [0.1, 0.15) is 27.1 Å². The molecule has 2 aliphatic rings. The Morgan fingerprint density at radius 3 is 1.94 bits per heavy atom. The van der Waals surface area contributed by atoms with Crippen molar-refractivity contribution in [2.45, 2.75) is 6.42 Å². The summed E-state index contributed by atoms with van der Waals surface area (Å²) in [5.74, 6) is -1.13. The Balaban J connectivity index is 1.25. The zero-order chi connectivity index (χ0) is 23.8. The predicted octanol–water partition coefficient (Wildman–Crippen LogP) is 3.45. The van der Waals surface area contributed by atoms with Crippen LogP contribution in [0.4, 0.5) is 11.4 Å². The number of hydrogen-bond acceptors (Lipinski definition) is 6. The lowest BCUT2D eigenvalue weighted by molar-refractivity contribution is -0.139. The molecule has 8 heteroatoms. The third kappa shape index (κ3) is 3.69. The number of fused-ring (bicyclic) bond motifs is 1. The second-order valence-corrected chi connectivity index (χ2v) is 8.01. The molecule has 1 atom stereocenters. The average molecular weight is 456 g/mol. The Kier molecular flexibility index (Phi) is 5.33. The van der Waals surface area contributed by atoms with Crippen molar-refractivity contribution in [2.24, 2.45) is 5.92 Å². The van der Waals surface area contributed by atoms with E-state index in [0.29, 0.717) is 28.3 Å². The monoisotopic (exact) mass is 456 g/mol. The van der Waals surface area contributed by atoms with Gasteiger partial charge >= 0.3 is 5.97 Å². The molecule has 8 nitrogen and oxygen atoms in total. The van der Waals surface area contributed by atoms with Crippen LogP contribution >= 0.6 is 0 Å². The number of esters is 1. The van der Waals surface area contributed by atoms with Crippen LogP contribution < -0.4 is 19.3 Å². The normalized spacial score (nSPS) is 17.2. The van der Waals surface area contributed by atoms with Crippen LogP contribution in [-0.2, 0) is 9.59 Å². The fraction of sp³-hybridized carbons (Fsp3) is 0.154. The number of anilines is 2. The van der Waals surface area contributed by atoms with Crippen molar-refractivity contribution in [3.8, 4) is 11.5 Å². The summed E-state index contributed by atoms with van der Waals surface area (Å²) in [6.45, 7) is 0.219. The summed E-state index contributed by atoms with van der Waals surface area (Å²) in [6, 6.07) is 19.8. The van der Waals surface area contributed by atoms with Gasteiger partial charge in [0.25, 0.3) is 11.8 Å². The Labute approximate surface area is 195 Å². The molecule has 2 aliphatic heterocycles. The van der Waals surface area contributed by atoms with Gasteiger partial charge in [-0.15, -0.1) is 0 Å². The number of rotatable bonds is 5. The molecule has 170 valence electrons. The largest absolute Gasteiger partial charge is 0.497 e. The molecule has 2 heterocycles. The molecule has 1 fully saturated rings. The third-order valence-electron chi connectivity index (χ3n) is 5.95. The summed E-state index contributed by atoms with van der Waals surface area (Å²) >= 11 is 0. The van der Waals surface area contributed by atoms with Gasteiger partial charge in [0.15, 0.2) is 0 Å². The molecule has 5 rings (SSSR count). The SMILES string of the molecule is COc1ccc(N2C[C@@H](C(=O)Oc3ccc(N4C(=O)c5ccccc5C4=O)cc3)CC2=O)cc1. The van der Waals surface area contributed by atoms with Crippen LogP contribution in [-0.4, -0.2) is 37.3 Å². The average Bonchev–Trinajstić information content (AvgIpc) is 3.37. The molecule has 0 aromatic heterocycles. The first-order valence-corrected chi connectivity index (χ1v) is 10.7. The van der Waals surface area contributed by atoms with Crippen LogP contribution in [0.3, 0.4) is 0 Å². The number of benzene rings is 3. The first-order valence-electron chi connectivity index (χ1n) is 10.7. The second kappa shape index (κ2) is 8.47. The summed E-state index contributed by atoms with van der Waals surface area (Å²) in [4.78, 5) is 53.1. The molecule has 0 radical (unpaired) electrons. The maximum absolute atomic E-state index is 12.7. The van der Waals surface area contributed by atoms with Gasteiger partial charge < -0.3 is 14.4 Å². The van der Waals surface area contributed by atoms with Gasteiger partial charge in [0.2, 0.25) is 5.91 Å². The van der Waals surface area contributed by atoms with E-state index in [1.54, 1.807) is 72.7 Å². The molecule has 3 aromatic carbocycles. The van der Waals surface area contributed by atoms with Crippen LogP contribution in [0, 0.1) is 5.92 Å². The Morgan fingerprint density at radius 2 is 1.35 bits per heavy atom. The highest BCUT2D eigenvalue weighted by Crippen LogP contribution is 2.31. The smallest absolute Gasteiger partial charge is 0.316 e. The van der Waals surface area contributed by atoms with E-state index in [9.17, 15) is 19.2 Å². The van der Waals surface area contributed by atoms with Crippen LogP contribution in [0.15, 0.2) is 72.8 Å². The maximum Gasteiger partial charge on any atom is 0.316 e. The molecule has 0 bridgehead atoms. The Morgan fingerprint density at radius 1 is 0.794 bits per heavy atom. The van der Waals surface area contributed by atoms with Crippen molar-refractivity contribution in [1.82, 2.24) is 0 Å². The van der Waals surface area contributed by atoms with E-state index in [1.165, 1.54) is 12.1 Å². The maximum atomic E-state index is 12.7. The van der Waals surface area contributed by atoms with Crippen molar-refractivity contribution in [3.63, 3.8) is 0 Å². The number of amides is 3. The van der Waals surface area contributed by atoms with E-state index < -0.39 is 23.7 Å². The molecule has 0 unspecified atom stereocenters. The van der Waals surface area contributed by atoms with Crippen molar-refractivity contribution in [3.05, 3.63) is 83.9 Å². The van der Waals surface area contributed by atoms with Crippen molar-refractivity contribution >= 4 is 35.1 Å². The minimum absolute atomic E-state index is 0.0536. The lowest BCUT2D eigenvalue weighted by atomic mass is 10.1.